The molecule has 0 saturated carbocycles. The third kappa shape index (κ3) is 55.5. The van der Waals surface area contributed by atoms with Crippen molar-refractivity contribution in [2.75, 3.05) is 60.3 Å². The number of cyclic esters (lactones) is 1. The molecule has 0 aliphatic carbocycles. The number of hydrogen-bond acceptors (Lipinski definition) is 32. The third-order valence-corrected chi connectivity index (χ3v) is 22.6. The molecule has 0 radical (unpaired) electrons. The van der Waals surface area contributed by atoms with Gasteiger partial charge in [-0.3, -0.25) is 15.1 Å². The van der Waals surface area contributed by atoms with E-state index in [0.717, 1.165) is 74.8 Å². The van der Waals surface area contributed by atoms with Gasteiger partial charge in [0.1, 0.15) is 54.0 Å². The Kier molecular flexibility index (Phi) is 60.4. The predicted molar refractivity (Wildman–Crippen MR) is 504 cm³/mol. The van der Waals surface area contributed by atoms with Gasteiger partial charge in [-0.25, -0.2) is 24.8 Å². The Bertz CT molecular complexity index is 3530. The fourth-order valence-corrected chi connectivity index (χ4v) is 14.6. The van der Waals surface area contributed by atoms with Gasteiger partial charge in [0.05, 0.1) is 79.3 Å². The van der Waals surface area contributed by atoms with Crippen LogP contribution in [-0.4, -0.2) is 212 Å². The standard InChI is InChI=1S/C20H34O5.C15H28O3.C12H22O3Si.C12H24O3.C11H21NO4.C11H20O2.C8H12N2.C8H14O3.HIO6.2H2/c1-9-11-23-20(8,12-13(3)10-2)17(21)14(4)16-15(5)18(22)25-19(6,7)24-16;1-7-9-16-15(6,10-12(3)8-2)13-11-17-14(4,5)18-13;1-8-10-9(2)11(15-16(5,6)7)14-12(3,4)13-10;1-6-9(2)7-12(5,13)10-8-14-11(3,4)15-10;1-8-5-11(12(3)4)10(9(2)16-8)6-14-15-7-13;1-5-7-13-11(4,9-12)8-10(3)6-2;1-8(2,3)7-9-5-4-6-10-7;1-5-6-10-7(9)11-8(2,3)4;2-1(3,4)6-7-5;;/h9,13-14,17,21H,1,10-12H2,2-8H3;7,12-13H,1,8-11H2,2-6H3;8H,1-7H3;9-10,13H,6-8H2,1-5H3;7-11H,5-6H2,1-4H3;5,9-10H,1,6-8H2,2-4H3;4-6H,1-3H3;5H,1,6H2,2-4H3;5H;2*1H/b;;10-8-;;;;;;;;/t13-,14-,17+,20+;12-,13+,15+;;9-,10+,12+;8-,9?,10+,11?;10-,11+;;;;;/m00.010...../s1. The van der Waals surface area contributed by atoms with Gasteiger partial charge in [0.25, 0.3) is 5.95 Å². The van der Waals surface area contributed by atoms with Crippen molar-refractivity contribution in [2.24, 2.45) is 35.5 Å². The van der Waals surface area contributed by atoms with Gasteiger partial charge >= 0.3 is 38.7 Å². The van der Waals surface area contributed by atoms with Gasteiger partial charge in [0.15, 0.2) is 17.9 Å². The number of aliphatic hydroxyl groups excluding tert-OH is 1. The van der Waals surface area contributed by atoms with Crippen molar-refractivity contribution in [3.05, 3.63) is 110 Å². The lowest BCUT2D eigenvalue weighted by Crippen LogP contribution is -4.24. The first-order valence-corrected chi connectivity index (χ1v) is 52.4. The summed E-state index contributed by atoms with van der Waals surface area (Å²) in [5, 5.41) is 31.1. The molecule has 0 bridgehead atoms. The van der Waals surface area contributed by atoms with Crippen LogP contribution in [0, 0.1) is 35.5 Å². The molecular weight excluding hydrogens is 1830 g/mol. The van der Waals surface area contributed by atoms with Crippen LogP contribution < -0.4 is 30.4 Å². The summed E-state index contributed by atoms with van der Waals surface area (Å²) in [4.78, 5) is 63.2. The highest BCUT2D eigenvalue weighted by atomic mass is 127. The van der Waals surface area contributed by atoms with Crippen molar-refractivity contribution in [2.45, 2.75) is 392 Å². The molecule has 1 aromatic rings. The normalized spacial score (nSPS) is 23.0. The van der Waals surface area contributed by atoms with Crippen molar-refractivity contribution < 1.29 is 157 Å². The number of allylic oxidation sites excluding steroid dienone is 2. The lowest BCUT2D eigenvalue weighted by atomic mass is 9.80. The second-order valence-electron chi connectivity index (χ2n) is 39.7. The van der Waals surface area contributed by atoms with Crippen molar-refractivity contribution in [1.82, 2.24) is 14.9 Å². The van der Waals surface area contributed by atoms with E-state index in [1.165, 1.54) is 6.08 Å². The SMILES string of the molecule is C/C=C1\OC(C)(C)OC(O[Si](C)(C)C)=C1C.C=CCOC(=O)OC(C)(C)C.C=CCO[C@@](C)(C=O)C[C@@H](C)CC.C=CCO[C@](C)(C[C@@H](C)CC)[C@H](O)[C@@H](C)C1=C(C)C(=O)OC(C)(C)O1.C=CCO[C@](C)(C[C@@H](C)CC)[C@H]1COC(C)(C)O1.CC(C)(C)c1ncccn1.CC1O[C@H](C)CC(N(C)C)[C@H]1COOC=O.CC[C@H](C)C[C@@](C)(O)[C@H]1COC(C)(C)O1.[HH].[HH].[O-][I+3]([O-])([O-])OOO. The number of carbonyl (C=O) groups excluding carboxylic acids is 4. The highest BCUT2D eigenvalue weighted by molar-refractivity contribution is 6.70. The van der Waals surface area contributed by atoms with E-state index in [4.69, 9.17) is 76.2 Å². The molecule has 3 saturated heterocycles. The highest BCUT2D eigenvalue weighted by Gasteiger charge is 2.48. The summed E-state index contributed by atoms with van der Waals surface area (Å²) in [6.07, 6.45) is 20.1. The molecule has 0 amide bonds. The lowest BCUT2D eigenvalue weighted by molar-refractivity contribution is -1.93. The average molecular weight is 2010 g/mol. The smallest absolute Gasteiger partial charge is 0.509 e. The number of aliphatic hydroxyl groups is 2. The second kappa shape index (κ2) is 61.0. The quantitative estimate of drug-likeness (QED) is 0.00809. The number of rotatable bonds is 38. The van der Waals surface area contributed by atoms with Crippen LogP contribution in [-0.2, 0) is 109 Å². The number of ether oxygens (including phenoxy) is 14. The largest absolute Gasteiger partial charge is 0.519 e. The van der Waals surface area contributed by atoms with E-state index >= 15 is 0 Å². The summed E-state index contributed by atoms with van der Waals surface area (Å²) in [6.45, 7) is 86.9. The molecule has 2 unspecified atom stereocenters. The summed E-state index contributed by atoms with van der Waals surface area (Å²) in [6, 6.07) is 2.21. The van der Waals surface area contributed by atoms with Gasteiger partial charge in [-0.2, -0.15) is 4.89 Å². The van der Waals surface area contributed by atoms with Gasteiger partial charge in [-0.15, -0.1) is 19.7 Å². The van der Waals surface area contributed by atoms with E-state index < -0.39 is 98.1 Å². The van der Waals surface area contributed by atoms with Crippen LogP contribution in [0.25, 0.3) is 0 Å². The van der Waals surface area contributed by atoms with Crippen LogP contribution in [0.3, 0.4) is 0 Å². The Morgan fingerprint density at radius 3 is 1.56 bits per heavy atom. The van der Waals surface area contributed by atoms with Gasteiger partial charge in [-0.1, -0.05) is 140 Å². The minimum absolute atomic E-state index is 0. The summed E-state index contributed by atoms with van der Waals surface area (Å²) in [5.41, 5.74) is -1.60. The van der Waals surface area contributed by atoms with Crippen LogP contribution in [0.5, 0.6) is 0 Å². The van der Waals surface area contributed by atoms with Gasteiger partial charge < -0.3 is 95.5 Å². The van der Waals surface area contributed by atoms with E-state index in [1.54, 1.807) is 72.2 Å². The van der Waals surface area contributed by atoms with Crippen LogP contribution in [0.2, 0.25) is 19.6 Å². The topological polar surface area (TPSA) is 403 Å². The van der Waals surface area contributed by atoms with Gasteiger partial charge in [0, 0.05) is 71.3 Å². The third-order valence-electron chi connectivity index (χ3n) is 21.2. The summed E-state index contributed by atoms with van der Waals surface area (Å²) in [5.74, 6) is 1.46. The summed E-state index contributed by atoms with van der Waals surface area (Å²) < 4.78 is 114. The van der Waals surface area contributed by atoms with E-state index in [2.05, 4.69) is 169 Å². The van der Waals surface area contributed by atoms with E-state index in [9.17, 15) is 39.7 Å². The fraction of sp³-hybridized carbons (Fsp3) is 0.773. The van der Waals surface area contributed by atoms with Crippen molar-refractivity contribution in [1.29, 1.82) is 0 Å². The molecule has 131 heavy (non-hydrogen) atoms. The molecule has 5 aliphatic heterocycles. The molecule has 6 heterocycles. The maximum atomic E-state index is 12.1. The summed E-state index contributed by atoms with van der Waals surface area (Å²) in [7, 11) is 2.43. The molecule has 16 atom stereocenters. The first kappa shape index (κ1) is 130. The zero-order valence-corrected chi connectivity index (χ0v) is 90.2. The minimum atomic E-state index is -5.74. The number of hydrogen-bond donors (Lipinski definition) is 3. The molecule has 3 fully saturated rings. The van der Waals surface area contributed by atoms with Crippen LogP contribution in [0.15, 0.2) is 104 Å². The first-order valence-electron chi connectivity index (χ1n) is 45.5. The molecule has 34 heteroatoms. The molecule has 5 aliphatic rings. The van der Waals surface area contributed by atoms with Crippen LogP contribution >= 0.6 is 0 Å². The van der Waals surface area contributed by atoms with E-state index in [-0.39, 0.29) is 50.8 Å². The maximum Gasteiger partial charge on any atom is 0.509 e. The first-order chi connectivity index (χ1) is 60.0. The van der Waals surface area contributed by atoms with E-state index in [1.807, 2.05) is 116 Å². The molecule has 3 N–H and O–H groups in total. The number of aldehydes is 1. The van der Waals surface area contributed by atoms with Crippen molar-refractivity contribution >= 4 is 33.2 Å². The molecule has 0 aromatic carbocycles. The number of halogens is 1. The minimum Gasteiger partial charge on any atom is -0.519 e. The zero-order chi connectivity index (χ0) is 102. The lowest BCUT2D eigenvalue weighted by Gasteiger charge is -2.42. The fourth-order valence-electron chi connectivity index (χ4n) is 13.7. The van der Waals surface area contributed by atoms with Gasteiger partial charge in [-0.05, 0) is 212 Å². The monoisotopic (exact) mass is 2010 g/mol. The Morgan fingerprint density at radius 1 is 0.679 bits per heavy atom. The van der Waals surface area contributed by atoms with Crippen molar-refractivity contribution in [3.8, 4) is 0 Å². The number of esters is 1. The van der Waals surface area contributed by atoms with Crippen LogP contribution in [0.4, 0.5) is 4.79 Å². The van der Waals surface area contributed by atoms with E-state index in [0.29, 0.717) is 99.5 Å². The average Bonchev–Trinajstić information content (AvgIpc) is 1.72. The molecule has 6 rings (SSSR count). The molecule has 1 aromatic heterocycles. The number of carbonyl (C=O) groups is 4. The maximum absolute atomic E-state index is 12.1. The van der Waals surface area contributed by atoms with Gasteiger partial charge in [0.2, 0.25) is 23.1 Å². The summed E-state index contributed by atoms with van der Waals surface area (Å²) >= 11 is -5.74. The Balaban J connectivity index is -0.000000469. The zero-order valence-electron chi connectivity index (χ0n) is 87.0. The highest BCUT2D eigenvalue weighted by Crippen LogP contribution is 2.41. The molecule has 32 nitrogen and oxygen atoms in total. The molecular formula is C97H180IN3O29Si. The Labute approximate surface area is 797 Å². The number of aromatic nitrogens is 2. The Morgan fingerprint density at radius 2 is 1.15 bits per heavy atom. The van der Waals surface area contributed by atoms with Crippen LogP contribution in [0.1, 0.15) is 288 Å². The predicted octanol–water partition coefficient (Wildman–Crippen LogP) is 14.7. The second-order valence-corrected chi connectivity index (χ2v) is 46.6. The molecule has 768 valence electrons. The van der Waals surface area contributed by atoms with Crippen molar-refractivity contribution in [3.63, 3.8) is 0 Å². The molecule has 0 spiro atoms. The number of nitrogens with zero attached hydrogens (tertiary/aromatic N) is 3. The Hall–Kier alpha value is -5.43.